The van der Waals surface area contributed by atoms with Crippen LogP contribution >= 0.6 is 11.3 Å². The lowest BCUT2D eigenvalue weighted by Gasteiger charge is -2.28. The first-order valence-electron chi connectivity index (χ1n) is 12.6. The summed E-state index contributed by atoms with van der Waals surface area (Å²) in [5.74, 6) is 0.241. The summed E-state index contributed by atoms with van der Waals surface area (Å²) in [6.45, 7) is 9.68. The number of carbonyl (C=O) groups is 1. The molecule has 0 bridgehead atoms. The number of hydrogen-bond acceptors (Lipinski definition) is 12. The molecular formula is C25H35N7O5S. The number of aromatic nitrogens is 4. The number of nitrogens with zero attached hydrogens (tertiary/aromatic N) is 4. The standard InChI is InChI=1S/C25H35N7O5S/c1-6-37-24(35)28-10-9-27-23-29-12(2)17(22-31-18-13(3)26-8-7-16(18)38-22)21(32-23)30-15-11-14(25(4,5)36)19(33)20(15)34/h7-8,14-15,19-20,33-34,36H,6,9-11H2,1-5H3,(H,28,35)(H2,27,29,30,32). The molecule has 0 aromatic carbocycles. The molecular weight excluding hydrogens is 510 g/mol. The Morgan fingerprint density at radius 1 is 1.16 bits per heavy atom. The number of aliphatic hydroxyl groups is 3. The second-order valence-electron chi connectivity index (χ2n) is 9.92. The van der Waals surface area contributed by atoms with Crippen molar-refractivity contribution in [3.05, 3.63) is 23.7 Å². The number of fused-ring (bicyclic) bond motifs is 1. The van der Waals surface area contributed by atoms with Gasteiger partial charge in [0.25, 0.3) is 0 Å². The second kappa shape index (κ2) is 11.3. The number of aliphatic hydroxyl groups excluding tert-OH is 2. The number of amides is 1. The van der Waals surface area contributed by atoms with Crippen LogP contribution in [0.3, 0.4) is 0 Å². The lowest BCUT2D eigenvalue weighted by molar-refractivity contribution is -0.0601. The van der Waals surface area contributed by atoms with Crippen LogP contribution in [0, 0.1) is 19.8 Å². The number of carbonyl (C=O) groups excluding carboxylic acids is 1. The Morgan fingerprint density at radius 2 is 1.92 bits per heavy atom. The van der Waals surface area contributed by atoms with Gasteiger partial charge in [-0.25, -0.2) is 14.8 Å². The number of thiazole rings is 1. The van der Waals surface area contributed by atoms with Crippen molar-refractivity contribution in [2.45, 2.75) is 64.9 Å². The van der Waals surface area contributed by atoms with Crippen molar-refractivity contribution in [2.75, 3.05) is 30.3 Å². The molecule has 0 saturated heterocycles. The van der Waals surface area contributed by atoms with Crippen LogP contribution in [0.4, 0.5) is 16.6 Å². The molecule has 12 nitrogen and oxygen atoms in total. The quantitative estimate of drug-likeness (QED) is 0.218. The van der Waals surface area contributed by atoms with Crippen LogP contribution in [-0.2, 0) is 4.74 Å². The smallest absolute Gasteiger partial charge is 0.407 e. The minimum Gasteiger partial charge on any atom is -0.450 e. The number of aryl methyl sites for hydroxylation is 2. The fourth-order valence-corrected chi connectivity index (χ4v) is 5.79. The monoisotopic (exact) mass is 545 g/mol. The van der Waals surface area contributed by atoms with Crippen LogP contribution in [0.5, 0.6) is 0 Å². The zero-order valence-corrected chi connectivity index (χ0v) is 23.0. The van der Waals surface area contributed by atoms with Gasteiger partial charge in [0, 0.05) is 25.2 Å². The Labute approximate surface area is 224 Å². The Balaban J connectivity index is 1.65. The van der Waals surface area contributed by atoms with Crippen LogP contribution in [0.2, 0.25) is 0 Å². The van der Waals surface area contributed by atoms with Crippen LogP contribution < -0.4 is 16.0 Å². The number of anilines is 2. The van der Waals surface area contributed by atoms with Gasteiger partial charge in [0.05, 0.1) is 46.0 Å². The highest BCUT2D eigenvalue weighted by Gasteiger charge is 2.48. The van der Waals surface area contributed by atoms with Gasteiger partial charge in [-0.05, 0) is 47.1 Å². The van der Waals surface area contributed by atoms with E-state index >= 15 is 0 Å². The fraction of sp³-hybridized carbons (Fsp3) is 0.560. The van der Waals surface area contributed by atoms with Gasteiger partial charge in [0.15, 0.2) is 0 Å². The number of ether oxygens (including phenoxy) is 1. The largest absolute Gasteiger partial charge is 0.450 e. The molecule has 0 aliphatic heterocycles. The minimum absolute atomic E-state index is 0.287. The van der Waals surface area contributed by atoms with Crippen molar-refractivity contribution < 1.29 is 24.9 Å². The molecule has 1 amide bonds. The number of alkyl carbamates (subject to hydrolysis) is 1. The summed E-state index contributed by atoms with van der Waals surface area (Å²) in [6, 6.07) is 1.34. The van der Waals surface area contributed by atoms with E-state index in [0.717, 1.165) is 15.9 Å². The SMILES string of the molecule is CCOC(=O)NCCNc1nc(C)c(-c2nc3c(C)nccc3s2)c(NC2CC(C(C)(C)O)C(O)C2O)n1. The zero-order chi connectivity index (χ0) is 27.6. The molecule has 3 heterocycles. The van der Waals surface area contributed by atoms with Crippen molar-refractivity contribution in [3.8, 4) is 10.6 Å². The fourth-order valence-electron chi connectivity index (χ4n) is 4.68. The van der Waals surface area contributed by atoms with Gasteiger partial charge in [0.1, 0.15) is 22.4 Å². The van der Waals surface area contributed by atoms with Crippen LogP contribution in [-0.4, -0.2) is 84.9 Å². The van der Waals surface area contributed by atoms with E-state index in [9.17, 15) is 20.1 Å². The Kier molecular flexibility index (Phi) is 8.31. The maximum Gasteiger partial charge on any atom is 0.407 e. The maximum absolute atomic E-state index is 11.5. The van der Waals surface area contributed by atoms with Crippen LogP contribution in [0.15, 0.2) is 12.3 Å². The van der Waals surface area contributed by atoms with Crippen molar-refractivity contribution in [2.24, 2.45) is 5.92 Å². The summed E-state index contributed by atoms with van der Waals surface area (Å²) >= 11 is 1.49. The predicted octanol–water partition coefficient (Wildman–Crippen LogP) is 2.22. The molecule has 0 spiro atoms. The van der Waals surface area contributed by atoms with Crippen LogP contribution in [0.1, 0.15) is 38.6 Å². The van der Waals surface area contributed by atoms with Crippen LogP contribution in [0.25, 0.3) is 20.8 Å². The Hall–Kier alpha value is -3.13. The molecule has 6 N–H and O–H groups in total. The van der Waals surface area contributed by atoms with E-state index in [0.29, 0.717) is 47.5 Å². The number of hydrogen-bond donors (Lipinski definition) is 6. The molecule has 1 fully saturated rings. The molecule has 4 rings (SSSR count). The highest BCUT2D eigenvalue weighted by atomic mass is 32.1. The lowest BCUT2D eigenvalue weighted by Crippen LogP contribution is -2.40. The Morgan fingerprint density at radius 3 is 2.58 bits per heavy atom. The number of rotatable bonds is 9. The van der Waals surface area contributed by atoms with Gasteiger partial charge in [-0.2, -0.15) is 4.98 Å². The normalized spacial score (nSPS) is 21.5. The zero-order valence-electron chi connectivity index (χ0n) is 22.1. The van der Waals surface area contributed by atoms with Crippen molar-refractivity contribution in [1.29, 1.82) is 0 Å². The third-order valence-electron chi connectivity index (χ3n) is 6.66. The molecule has 1 aliphatic rings. The van der Waals surface area contributed by atoms with Gasteiger partial charge in [0.2, 0.25) is 5.95 Å². The summed E-state index contributed by atoms with van der Waals surface area (Å²) in [4.78, 5) is 30.0. The molecule has 1 saturated carbocycles. The Bertz CT molecular complexity index is 1300. The third-order valence-corrected chi connectivity index (χ3v) is 7.70. The first-order chi connectivity index (χ1) is 18.0. The average molecular weight is 546 g/mol. The van der Waals surface area contributed by atoms with Crippen molar-refractivity contribution >= 4 is 39.4 Å². The topological polar surface area (TPSA) is 175 Å². The molecule has 4 atom stereocenters. The first-order valence-corrected chi connectivity index (χ1v) is 13.4. The summed E-state index contributed by atoms with van der Waals surface area (Å²) in [7, 11) is 0. The summed E-state index contributed by atoms with van der Waals surface area (Å²) in [6.07, 6.45) is -0.626. The molecule has 3 aromatic rings. The molecule has 1 aliphatic carbocycles. The van der Waals surface area contributed by atoms with Gasteiger partial charge >= 0.3 is 6.09 Å². The van der Waals surface area contributed by atoms with Gasteiger partial charge in [-0.1, -0.05) is 0 Å². The molecule has 38 heavy (non-hydrogen) atoms. The summed E-state index contributed by atoms with van der Waals surface area (Å²) in [5, 5.41) is 41.7. The highest BCUT2D eigenvalue weighted by Crippen LogP contribution is 2.40. The van der Waals surface area contributed by atoms with Gasteiger partial charge in [-0.3, -0.25) is 4.98 Å². The maximum atomic E-state index is 11.5. The molecule has 0 radical (unpaired) electrons. The lowest BCUT2D eigenvalue weighted by atomic mass is 9.88. The molecule has 3 aromatic heterocycles. The van der Waals surface area contributed by atoms with E-state index in [1.807, 2.05) is 19.9 Å². The first kappa shape index (κ1) is 27.9. The van der Waals surface area contributed by atoms with E-state index < -0.39 is 35.9 Å². The average Bonchev–Trinajstić information content (AvgIpc) is 3.39. The molecule has 13 heteroatoms. The van der Waals surface area contributed by atoms with Crippen molar-refractivity contribution in [1.82, 2.24) is 25.3 Å². The van der Waals surface area contributed by atoms with Gasteiger partial charge < -0.3 is 36.0 Å². The van der Waals surface area contributed by atoms with Gasteiger partial charge in [-0.15, -0.1) is 11.3 Å². The second-order valence-corrected chi connectivity index (χ2v) is 11.0. The van der Waals surface area contributed by atoms with E-state index in [1.165, 1.54) is 11.3 Å². The van der Waals surface area contributed by atoms with E-state index in [2.05, 4.69) is 30.9 Å². The number of pyridine rings is 1. The summed E-state index contributed by atoms with van der Waals surface area (Å²) < 4.78 is 5.84. The van der Waals surface area contributed by atoms with E-state index in [4.69, 9.17) is 9.72 Å². The molecule has 4 unspecified atom stereocenters. The predicted molar refractivity (Wildman–Crippen MR) is 145 cm³/mol. The van der Waals surface area contributed by atoms with Crippen molar-refractivity contribution in [3.63, 3.8) is 0 Å². The molecule has 206 valence electrons. The van der Waals surface area contributed by atoms with E-state index in [1.54, 1.807) is 27.0 Å². The number of nitrogens with one attached hydrogen (secondary N) is 3. The third kappa shape index (κ3) is 5.96. The van der Waals surface area contributed by atoms with E-state index in [-0.39, 0.29) is 6.61 Å². The highest BCUT2D eigenvalue weighted by molar-refractivity contribution is 7.21. The minimum atomic E-state index is -1.17. The summed E-state index contributed by atoms with van der Waals surface area (Å²) in [5.41, 5.74) is 1.77.